The highest BCUT2D eigenvalue weighted by atomic mass is 16.5. The van der Waals surface area contributed by atoms with Gasteiger partial charge in [0.15, 0.2) is 0 Å². The fourth-order valence-corrected chi connectivity index (χ4v) is 2.28. The summed E-state index contributed by atoms with van der Waals surface area (Å²) in [5, 5.41) is 6.75. The first-order valence-electron chi connectivity index (χ1n) is 8.40. The number of piperidine rings is 1. The number of hydrogen-bond donors (Lipinski definition) is 2. The van der Waals surface area contributed by atoms with Crippen molar-refractivity contribution < 1.29 is 4.74 Å². The molecule has 0 atom stereocenters. The van der Waals surface area contributed by atoms with E-state index in [-0.39, 0.29) is 0 Å². The highest BCUT2D eigenvalue weighted by Gasteiger charge is 2.16. The molecule has 0 radical (unpaired) electrons. The summed E-state index contributed by atoms with van der Waals surface area (Å²) in [7, 11) is 2.06. The topological polar surface area (TPSA) is 36.5 Å². The van der Waals surface area contributed by atoms with E-state index in [9.17, 15) is 0 Å². The van der Waals surface area contributed by atoms with E-state index in [1.54, 1.807) is 0 Å². The van der Waals surface area contributed by atoms with Crippen molar-refractivity contribution in [1.29, 1.82) is 0 Å². The lowest BCUT2D eigenvalue weighted by molar-refractivity contribution is 0.0934. The lowest BCUT2D eigenvalue weighted by atomic mass is 10.1. The molecule has 0 aliphatic carbocycles. The molecule has 0 unspecified atom stereocenters. The molecule has 0 amide bonds. The van der Waals surface area contributed by atoms with Gasteiger partial charge in [0.2, 0.25) is 0 Å². The van der Waals surface area contributed by atoms with Gasteiger partial charge < -0.3 is 20.3 Å². The van der Waals surface area contributed by atoms with Gasteiger partial charge in [-0.1, -0.05) is 27.7 Å². The van der Waals surface area contributed by atoms with Gasteiger partial charge in [-0.25, -0.2) is 0 Å². The molecule has 122 valence electrons. The summed E-state index contributed by atoms with van der Waals surface area (Å²) in [6.07, 6.45) is 2.54. The van der Waals surface area contributed by atoms with Crippen LogP contribution in [0.4, 0.5) is 0 Å². The number of nitrogens with zero attached hydrogens (tertiary/aromatic N) is 1. The Bertz CT molecular complexity index is 192. The molecule has 0 spiro atoms. The highest BCUT2D eigenvalue weighted by molar-refractivity contribution is 4.75. The Balaban J connectivity index is 0.00000172. The Morgan fingerprint density at radius 3 is 2.35 bits per heavy atom. The molecule has 2 N–H and O–H groups in total. The van der Waals surface area contributed by atoms with Crippen molar-refractivity contribution in [1.82, 2.24) is 15.5 Å². The van der Waals surface area contributed by atoms with Gasteiger partial charge in [-0.15, -0.1) is 0 Å². The lowest BCUT2D eigenvalue weighted by Gasteiger charge is -2.31. The minimum absolute atomic E-state index is 0.721. The maximum Gasteiger partial charge on any atom is 0.0594 e. The fraction of sp³-hybridized carbons (Fsp3) is 1.00. The minimum Gasteiger partial charge on any atom is -0.379 e. The van der Waals surface area contributed by atoms with Gasteiger partial charge in [0.25, 0.3) is 0 Å². The SMILES string of the molecule is CC.CNC1CCN(CCOCCNCC(C)C)CC1. The Hall–Kier alpha value is -0.160. The van der Waals surface area contributed by atoms with Crippen molar-refractivity contribution in [2.75, 3.05) is 53.0 Å². The summed E-state index contributed by atoms with van der Waals surface area (Å²) in [6.45, 7) is 15.7. The summed E-state index contributed by atoms with van der Waals surface area (Å²) in [5.41, 5.74) is 0. The van der Waals surface area contributed by atoms with E-state index in [0.717, 1.165) is 44.8 Å². The Labute approximate surface area is 126 Å². The maximum absolute atomic E-state index is 5.65. The molecule has 1 fully saturated rings. The zero-order chi connectivity index (χ0) is 15.2. The normalized spacial score (nSPS) is 17.1. The molecule has 0 aromatic carbocycles. The van der Waals surface area contributed by atoms with E-state index in [0.29, 0.717) is 0 Å². The van der Waals surface area contributed by atoms with E-state index in [1.807, 2.05) is 13.8 Å². The first kappa shape index (κ1) is 19.8. The average Bonchev–Trinajstić information content (AvgIpc) is 2.48. The van der Waals surface area contributed by atoms with Crippen molar-refractivity contribution in [3.05, 3.63) is 0 Å². The zero-order valence-corrected chi connectivity index (χ0v) is 14.4. The molecule has 1 rings (SSSR count). The zero-order valence-electron chi connectivity index (χ0n) is 14.4. The van der Waals surface area contributed by atoms with Crippen LogP contribution >= 0.6 is 0 Å². The second kappa shape index (κ2) is 13.8. The van der Waals surface area contributed by atoms with Gasteiger partial charge in [-0.3, -0.25) is 0 Å². The van der Waals surface area contributed by atoms with Crippen LogP contribution in [0.5, 0.6) is 0 Å². The molecular weight excluding hydrogens is 250 g/mol. The third kappa shape index (κ3) is 10.6. The molecule has 1 heterocycles. The number of nitrogens with one attached hydrogen (secondary N) is 2. The number of ether oxygens (including phenoxy) is 1. The monoisotopic (exact) mass is 287 g/mol. The predicted molar refractivity (Wildman–Crippen MR) is 88.4 cm³/mol. The van der Waals surface area contributed by atoms with Gasteiger partial charge in [0.05, 0.1) is 13.2 Å². The summed E-state index contributed by atoms with van der Waals surface area (Å²) < 4.78 is 5.65. The molecule has 1 saturated heterocycles. The standard InChI is InChI=1S/C14H31N3O.C2H6/c1-13(2)12-16-6-10-18-11-9-17-7-4-14(15-3)5-8-17;1-2/h13-16H,4-12H2,1-3H3;1-2H3. The van der Waals surface area contributed by atoms with Gasteiger partial charge in [0, 0.05) is 19.1 Å². The number of rotatable bonds is 9. The highest BCUT2D eigenvalue weighted by Crippen LogP contribution is 2.08. The van der Waals surface area contributed by atoms with E-state index in [2.05, 4.69) is 36.4 Å². The first-order chi connectivity index (χ1) is 9.72. The molecule has 0 aromatic heterocycles. The molecule has 1 aliphatic rings. The van der Waals surface area contributed by atoms with Crippen LogP contribution in [0.15, 0.2) is 0 Å². The molecule has 1 aliphatic heterocycles. The summed E-state index contributed by atoms with van der Waals surface area (Å²) in [6, 6.07) is 0.724. The Morgan fingerprint density at radius 1 is 1.15 bits per heavy atom. The van der Waals surface area contributed by atoms with Crippen LogP contribution in [-0.2, 0) is 4.74 Å². The van der Waals surface area contributed by atoms with E-state index < -0.39 is 0 Å². The van der Waals surface area contributed by atoms with E-state index in [4.69, 9.17) is 4.74 Å². The fourth-order valence-electron chi connectivity index (χ4n) is 2.28. The van der Waals surface area contributed by atoms with Crippen LogP contribution in [0.3, 0.4) is 0 Å². The number of likely N-dealkylation sites (tertiary alicyclic amines) is 1. The van der Waals surface area contributed by atoms with Gasteiger partial charge >= 0.3 is 0 Å². The van der Waals surface area contributed by atoms with Crippen molar-refractivity contribution in [2.24, 2.45) is 5.92 Å². The van der Waals surface area contributed by atoms with Crippen LogP contribution in [0.25, 0.3) is 0 Å². The summed E-state index contributed by atoms with van der Waals surface area (Å²) in [4.78, 5) is 2.51. The summed E-state index contributed by atoms with van der Waals surface area (Å²) >= 11 is 0. The maximum atomic E-state index is 5.65. The predicted octanol–water partition coefficient (Wildman–Crippen LogP) is 1.96. The van der Waals surface area contributed by atoms with Crippen LogP contribution in [0.2, 0.25) is 0 Å². The van der Waals surface area contributed by atoms with Crippen LogP contribution in [0, 0.1) is 5.92 Å². The van der Waals surface area contributed by atoms with Crippen LogP contribution in [0.1, 0.15) is 40.5 Å². The Morgan fingerprint density at radius 2 is 1.80 bits per heavy atom. The van der Waals surface area contributed by atoms with Crippen LogP contribution in [-0.4, -0.2) is 63.9 Å². The number of hydrogen-bond acceptors (Lipinski definition) is 4. The minimum atomic E-state index is 0.721. The van der Waals surface area contributed by atoms with Crippen LogP contribution < -0.4 is 10.6 Å². The second-order valence-electron chi connectivity index (χ2n) is 5.61. The average molecular weight is 287 g/mol. The van der Waals surface area contributed by atoms with Crippen molar-refractivity contribution in [3.8, 4) is 0 Å². The molecule has 4 heteroatoms. The lowest BCUT2D eigenvalue weighted by Crippen LogP contribution is -2.42. The third-order valence-corrected chi connectivity index (χ3v) is 3.52. The molecule has 4 nitrogen and oxygen atoms in total. The molecule has 0 saturated carbocycles. The van der Waals surface area contributed by atoms with Crippen molar-refractivity contribution >= 4 is 0 Å². The van der Waals surface area contributed by atoms with Gasteiger partial charge in [-0.2, -0.15) is 0 Å². The van der Waals surface area contributed by atoms with E-state index in [1.165, 1.54) is 25.9 Å². The molecular formula is C16H37N3O. The first-order valence-corrected chi connectivity index (χ1v) is 8.40. The Kier molecular flexibility index (Phi) is 13.7. The second-order valence-corrected chi connectivity index (χ2v) is 5.61. The van der Waals surface area contributed by atoms with Crippen molar-refractivity contribution in [3.63, 3.8) is 0 Å². The third-order valence-electron chi connectivity index (χ3n) is 3.52. The van der Waals surface area contributed by atoms with E-state index >= 15 is 0 Å². The van der Waals surface area contributed by atoms with Gasteiger partial charge in [-0.05, 0) is 45.4 Å². The molecule has 0 bridgehead atoms. The summed E-state index contributed by atoms with van der Waals surface area (Å²) in [5.74, 6) is 0.721. The quantitative estimate of drug-likeness (QED) is 0.636. The van der Waals surface area contributed by atoms with Gasteiger partial charge in [0.1, 0.15) is 0 Å². The molecule has 20 heavy (non-hydrogen) atoms. The largest absolute Gasteiger partial charge is 0.379 e. The molecule has 0 aromatic rings. The van der Waals surface area contributed by atoms with Crippen molar-refractivity contribution in [2.45, 2.75) is 46.6 Å². The smallest absolute Gasteiger partial charge is 0.0594 e.